The fourth-order valence-electron chi connectivity index (χ4n) is 1.81. The summed E-state index contributed by atoms with van der Waals surface area (Å²) in [5.41, 5.74) is 0. The summed E-state index contributed by atoms with van der Waals surface area (Å²) in [6.45, 7) is 3.40. The van der Waals surface area contributed by atoms with Gasteiger partial charge in [0.25, 0.3) is 0 Å². The van der Waals surface area contributed by atoms with Gasteiger partial charge in [-0.15, -0.1) is 11.3 Å². The molecule has 1 aromatic heterocycles. The molecule has 3 heteroatoms. The molecule has 2 atom stereocenters. The first-order valence-corrected chi connectivity index (χ1v) is 5.52. The zero-order valence-electron chi connectivity index (χ0n) is 7.79. The molecule has 2 unspecified atom stereocenters. The molecule has 0 bridgehead atoms. The van der Waals surface area contributed by atoms with Gasteiger partial charge < -0.3 is 10.4 Å². The van der Waals surface area contributed by atoms with Gasteiger partial charge in [-0.1, -0.05) is 0 Å². The zero-order valence-corrected chi connectivity index (χ0v) is 8.60. The highest BCUT2D eigenvalue weighted by Crippen LogP contribution is 2.31. The van der Waals surface area contributed by atoms with E-state index in [0.717, 1.165) is 13.0 Å². The molecule has 0 saturated carbocycles. The minimum absolute atomic E-state index is 0.313. The molecule has 0 amide bonds. The van der Waals surface area contributed by atoms with Crippen LogP contribution in [0.3, 0.4) is 0 Å². The first kappa shape index (κ1) is 9.19. The highest BCUT2D eigenvalue weighted by Gasteiger charge is 2.25. The van der Waals surface area contributed by atoms with Crippen molar-refractivity contribution >= 4 is 11.3 Å². The van der Waals surface area contributed by atoms with Gasteiger partial charge in [0, 0.05) is 28.9 Å². The average molecular weight is 197 g/mol. The number of hydrogen-bond donors (Lipinski definition) is 2. The van der Waals surface area contributed by atoms with E-state index in [9.17, 15) is 0 Å². The monoisotopic (exact) mass is 197 g/mol. The Labute approximate surface area is 82.6 Å². The van der Waals surface area contributed by atoms with E-state index in [1.165, 1.54) is 9.75 Å². The van der Waals surface area contributed by atoms with Gasteiger partial charge in [0.15, 0.2) is 0 Å². The third-order valence-corrected chi connectivity index (χ3v) is 3.70. The lowest BCUT2D eigenvalue weighted by Crippen LogP contribution is -2.13. The van der Waals surface area contributed by atoms with Gasteiger partial charge in [-0.3, -0.25) is 0 Å². The van der Waals surface area contributed by atoms with Crippen molar-refractivity contribution in [1.29, 1.82) is 0 Å². The Morgan fingerprint density at radius 1 is 1.62 bits per heavy atom. The lowest BCUT2D eigenvalue weighted by atomic mass is 10.1. The van der Waals surface area contributed by atoms with Gasteiger partial charge in [0.2, 0.25) is 0 Å². The number of aliphatic hydroxyl groups excluding tert-OH is 1. The highest BCUT2D eigenvalue weighted by atomic mass is 32.1. The van der Waals surface area contributed by atoms with Crippen molar-refractivity contribution in [3.05, 3.63) is 21.9 Å². The quantitative estimate of drug-likeness (QED) is 0.756. The summed E-state index contributed by atoms with van der Waals surface area (Å²) in [6, 6.07) is 4.83. The van der Waals surface area contributed by atoms with Crippen LogP contribution >= 0.6 is 11.3 Å². The second-order valence-electron chi connectivity index (χ2n) is 3.69. The van der Waals surface area contributed by atoms with Crippen LogP contribution in [-0.4, -0.2) is 18.3 Å². The Kier molecular flexibility index (Phi) is 2.67. The molecule has 72 valence electrons. The summed E-state index contributed by atoms with van der Waals surface area (Å²) in [4.78, 5) is 2.78. The number of rotatable bonds is 2. The minimum Gasteiger partial charge on any atom is -0.396 e. The van der Waals surface area contributed by atoms with E-state index in [0.29, 0.717) is 18.6 Å². The largest absolute Gasteiger partial charge is 0.396 e. The summed E-state index contributed by atoms with van der Waals surface area (Å²) >= 11 is 1.85. The normalized spacial score (nSPS) is 28.2. The Bertz CT molecular complexity index is 284. The smallest absolute Gasteiger partial charge is 0.0472 e. The van der Waals surface area contributed by atoms with E-state index in [-0.39, 0.29) is 0 Å². The average Bonchev–Trinajstić information content (AvgIpc) is 2.71. The molecule has 0 spiro atoms. The SMILES string of the molecule is Cc1ccc(C2CC(CO)CN2)s1. The zero-order chi connectivity index (χ0) is 9.26. The van der Waals surface area contributed by atoms with Crippen LogP contribution in [0.5, 0.6) is 0 Å². The third-order valence-electron chi connectivity index (χ3n) is 2.58. The summed E-state index contributed by atoms with van der Waals surface area (Å²) in [7, 11) is 0. The molecule has 1 aliphatic rings. The molecule has 0 aliphatic carbocycles. The fourth-order valence-corrected chi connectivity index (χ4v) is 2.77. The van der Waals surface area contributed by atoms with E-state index < -0.39 is 0 Å². The van der Waals surface area contributed by atoms with Gasteiger partial charge in [-0.2, -0.15) is 0 Å². The number of aliphatic hydroxyl groups is 1. The lowest BCUT2D eigenvalue weighted by molar-refractivity contribution is 0.236. The second-order valence-corrected chi connectivity index (χ2v) is 5.01. The molecule has 1 aliphatic heterocycles. The van der Waals surface area contributed by atoms with Gasteiger partial charge in [0.05, 0.1) is 0 Å². The summed E-state index contributed by atoms with van der Waals surface area (Å²) in [5, 5.41) is 12.4. The van der Waals surface area contributed by atoms with Crippen LogP contribution in [-0.2, 0) is 0 Å². The minimum atomic E-state index is 0.313. The van der Waals surface area contributed by atoms with Gasteiger partial charge in [0.1, 0.15) is 0 Å². The van der Waals surface area contributed by atoms with Crippen LogP contribution in [0.15, 0.2) is 12.1 Å². The van der Waals surface area contributed by atoms with Crippen molar-refractivity contribution in [2.24, 2.45) is 5.92 Å². The molecular weight excluding hydrogens is 182 g/mol. The van der Waals surface area contributed by atoms with Gasteiger partial charge in [-0.05, 0) is 31.4 Å². The summed E-state index contributed by atoms with van der Waals surface area (Å²) < 4.78 is 0. The van der Waals surface area contributed by atoms with Crippen molar-refractivity contribution in [3.63, 3.8) is 0 Å². The van der Waals surface area contributed by atoms with Crippen LogP contribution in [0.2, 0.25) is 0 Å². The molecule has 2 N–H and O–H groups in total. The highest BCUT2D eigenvalue weighted by molar-refractivity contribution is 7.12. The molecule has 0 aromatic carbocycles. The topological polar surface area (TPSA) is 32.3 Å². The molecule has 1 aromatic rings. The summed E-state index contributed by atoms with van der Waals surface area (Å²) in [6.07, 6.45) is 1.08. The number of hydrogen-bond acceptors (Lipinski definition) is 3. The Balaban J connectivity index is 2.03. The third kappa shape index (κ3) is 1.93. The standard InChI is InChI=1S/C10H15NOS/c1-7-2-3-10(13-7)9-4-8(6-12)5-11-9/h2-3,8-9,11-12H,4-6H2,1H3. The molecular formula is C10H15NOS. The number of nitrogens with one attached hydrogen (secondary N) is 1. The van der Waals surface area contributed by atoms with E-state index in [4.69, 9.17) is 5.11 Å². The van der Waals surface area contributed by atoms with Crippen LogP contribution in [0, 0.1) is 12.8 Å². The predicted molar refractivity (Wildman–Crippen MR) is 55.0 cm³/mol. The first-order chi connectivity index (χ1) is 6.29. The van der Waals surface area contributed by atoms with Crippen LogP contribution in [0.4, 0.5) is 0 Å². The maximum Gasteiger partial charge on any atom is 0.0472 e. The maximum atomic E-state index is 9.00. The van der Waals surface area contributed by atoms with Crippen LogP contribution in [0.1, 0.15) is 22.2 Å². The Morgan fingerprint density at radius 3 is 3.00 bits per heavy atom. The van der Waals surface area contributed by atoms with Crippen molar-refractivity contribution in [1.82, 2.24) is 5.32 Å². The lowest BCUT2D eigenvalue weighted by Gasteiger charge is -2.06. The molecule has 1 saturated heterocycles. The van der Waals surface area contributed by atoms with Crippen LogP contribution < -0.4 is 5.32 Å². The number of thiophene rings is 1. The van der Waals surface area contributed by atoms with Crippen molar-refractivity contribution in [3.8, 4) is 0 Å². The van der Waals surface area contributed by atoms with Crippen molar-refractivity contribution in [2.75, 3.05) is 13.2 Å². The predicted octanol–water partition coefficient (Wildman–Crippen LogP) is 1.70. The molecule has 0 radical (unpaired) electrons. The Hall–Kier alpha value is -0.380. The van der Waals surface area contributed by atoms with E-state index in [1.54, 1.807) is 0 Å². The fraction of sp³-hybridized carbons (Fsp3) is 0.600. The molecule has 1 fully saturated rings. The van der Waals surface area contributed by atoms with Crippen molar-refractivity contribution < 1.29 is 5.11 Å². The molecule has 2 heterocycles. The maximum absolute atomic E-state index is 9.00. The summed E-state index contributed by atoms with van der Waals surface area (Å²) in [5.74, 6) is 0.451. The first-order valence-electron chi connectivity index (χ1n) is 4.70. The van der Waals surface area contributed by atoms with Gasteiger partial charge >= 0.3 is 0 Å². The van der Waals surface area contributed by atoms with Crippen molar-refractivity contribution in [2.45, 2.75) is 19.4 Å². The molecule has 2 nitrogen and oxygen atoms in total. The van der Waals surface area contributed by atoms with E-state index in [2.05, 4.69) is 24.4 Å². The second kappa shape index (κ2) is 3.78. The van der Waals surface area contributed by atoms with Crippen LogP contribution in [0.25, 0.3) is 0 Å². The van der Waals surface area contributed by atoms with E-state index in [1.807, 2.05) is 11.3 Å². The Morgan fingerprint density at radius 2 is 2.46 bits per heavy atom. The van der Waals surface area contributed by atoms with Gasteiger partial charge in [-0.25, -0.2) is 0 Å². The molecule has 2 rings (SSSR count). The molecule has 13 heavy (non-hydrogen) atoms. The number of aryl methyl sites for hydroxylation is 1. The van der Waals surface area contributed by atoms with E-state index >= 15 is 0 Å².